The number of anilines is 1. The van der Waals surface area contributed by atoms with Crippen molar-refractivity contribution in [3.63, 3.8) is 0 Å². The monoisotopic (exact) mass is 416 g/mol. The van der Waals surface area contributed by atoms with Crippen LogP contribution in [0.25, 0.3) is 0 Å². The lowest BCUT2D eigenvalue weighted by atomic mass is 10.1. The summed E-state index contributed by atoms with van der Waals surface area (Å²) in [5.74, 6) is -0.549. The highest BCUT2D eigenvalue weighted by molar-refractivity contribution is 6.30. The first kappa shape index (κ1) is 20.7. The molecule has 0 unspecified atom stereocenters. The van der Waals surface area contributed by atoms with Gasteiger partial charge in [0, 0.05) is 18.1 Å². The van der Waals surface area contributed by atoms with Crippen LogP contribution in [0.4, 0.5) is 5.69 Å². The Morgan fingerprint density at radius 1 is 1.14 bits per heavy atom. The van der Waals surface area contributed by atoms with Crippen molar-refractivity contribution in [3.8, 4) is 5.75 Å². The third-order valence-electron chi connectivity index (χ3n) is 4.36. The minimum Gasteiger partial charge on any atom is -0.482 e. The van der Waals surface area contributed by atoms with E-state index < -0.39 is 5.97 Å². The lowest BCUT2D eigenvalue weighted by Crippen LogP contribution is -2.40. The van der Waals surface area contributed by atoms with E-state index in [1.165, 1.54) is 4.90 Å². The summed E-state index contributed by atoms with van der Waals surface area (Å²) in [7, 11) is 0. The summed E-state index contributed by atoms with van der Waals surface area (Å²) >= 11 is 5.83. The van der Waals surface area contributed by atoms with E-state index in [0.29, 0.717) is 29.4 Å². The number of hydrogen-bond donors (Lipinski definition) is 1. The molecule has 0 spiro atoms. The number of ether oxygens (including phenoxy) is 2. The number of esters is 1. The maximum atomic E-state index is 12.1. The van der Waals surface area contributed by atoms with Crippen LogP contribution in [0.1, 0.15) is 12.0 Å². The average molecular weight is 417 g/mol. The Balaban J connectivity index is 1.37. The van der Waals surface area contributed by atoms with Crippen molar-refractivity contribution in [1.82, 2.24) is 5.32 Å². The molecule has 3 rings (SSSR count). The lowest BCUT2D eigenvalue weighted by molar-refractivity contribution is -0.148. The number of carbonyl (C=O) groups is 3. The molecule has 0 radical (unpaired) electrons. The van der Waals surface area contributed by atoms with Crippen LogP contribution >= 0.6 is 11.6 Å². The minimum absolute atomic E-state index is 0.0157. The topological polar surface area (TPSA) is 84.9 Å². The molecule has 2 aromatic rings. The maximum Gasteiger partial charge on any atom is 0.308 e. The van der Waals surface area contributed by atoms with E-state index in [0.717, 1.165) is 5.56 Å². The lowest BCUT2D eigenvalue weighted by Gasteiger charge is -2.28. The Labute approximate surface area is 173 Å². The zero-order valence-electron chi connectivity index (χ0n) is 15.7. The molecule has 2 aromatic carbocycles. The highest BCUT2D eigenvalue weighted by atomic mass is 35.5. The van der Waals surface area contributed by atoms with E-state index in [2.05, 4.69) is 5.32 Å². The van der Waals surface area contributed by atoms with Gasteiger partial charge < -0.3 is 19.7 Å². The molecule has 0 bridgehead atoms. The van der Waals surface area contributed by atoms with Crippen molar-refractivity contribution in [2.45, 2.75) is 12.8 Å². The van der Waals surface area contributed by atoms with Crippen LogP contribution in [0.5, 0.6) is 5.75 Å². The molecule has 29 heavy (non-hydrogen) atoms. The molecule has 0 saturated heterocycles. The third kappa shape index (κ3) is 5.96. The van der Waals surface area contributed by atoms with Gasteiger partial charge in [-0.15, -0.1) is 0 Å². The first-order valence-corrected chi connectivity index (χ1v) is 9.59. The Bertz CT molecular complexity index is 885. The molecule has 152 valence electrons. The van der Waals surface area contributed by atoms with Crippen molar-refractivity contribution in [2.75, 3.05) is 31.2 Å². The largest absolute Gasteiger partial charge is 0.482 e. The molecular formula is C21H21ClN2O5. The van der Waals surface area contributed by atoms with Gasteiger partial charge in [0.25, 0.3) is 11.8 Å². The molecular weight excluding hydrogens is 396 g/mol. The van der Waals surface area contributed by atoms with Crippen molar-refractivity contribution in [2.24, 2.45) is 0 Å². The highest BCUT2D eigenvalue weighted by Crippen LogP contribution is 2.31. The summed E-state index contributed by atoms with van der Waals surface area (Å²) in [6.07, 6.45) is 0.632. The number of hydrogen-bond acceptors (Lipinski definition) is 5. The van der Waals surface area contributed by atoms with Crippen molar-refractivity contribution >= 4 is 35.1 Å². The van der Waals surface area contributed by atoms with Crippen LogP contribution in [-0.2, 0) is 25.5 Å². The number of nitrogens with zero attached hydrogens (tertiary/aromatic N) is 1. The second-order valence-electron chi connectivity index (χ2n) is 6.44. The third-order valence-corrected chi connectivity index (χ3v) is 4.61. The highest BCUT2D eigenvalue weighted by Gasteiger charge is 2.25. The standard InChI is InChI=1S/C21H21ClN2O5/c22-16-7-5-15(6-8-16)9-11-23-19(25)13-29-21(27)10-12-24-17-3-1-2-4-18(17)28-14-20(24)26/h1-8H,9-14H2,(H,23,25). The second-order valence-corrected chi connectivity index (χ2v) is 6.88. The summed E-state index contributed by atoms with van der Waals surface area (Å²) in [4.78, 5) is 37.3. The smallest absolute Gasteiger partial charge is 0.308 e. The van der Waals surface area contributed by atoms with Gasteiger partial charge in [0.15, 0.2) is 13.2 Å². The maximum absolute atomic E-state index is 12.1. The molecule has 0 aromatic heterocycles. The van der Waals surface area contributed by atoms with E-state index in [4.69, 9.17) is 21.1 Å². The van der Waals surface area contributed by atoms with Gasteiger partial charge in [-0.05, 0) is 36.2 Å². The van der Waals surface area contributed by atoms with Crippen molar-refractivity contribution in [1.29, 1.82) is 0 Å². The van der Waals surface area contributed by atoms with E-state index >= 15 is 0 Å². The fourth-order valence-corrected chi connectivity index (χ4v) is 2.99. The van der Waals surface area contributed by atoms with Gasteiger partial charge in [-0.25, -0.2) is 0 Å². The zero-order valence-corrected chi connectivity index (χ0v) is 16.5. The first-order chi connectivity index (χ1) is 14.0. The summed E-state index contributed by atoms with van der Waals surface area (Å²) < 4.78 is 10.4. The zero-order chi connectivity index (χ0) is 20.6. The molecule has 8 heteroatoms. The molecule has 0 aliphatic carbocycles. The SMILES string of the molecule is O=C(COC(=O)CCN1C(=O)COc2ccccc21)NCCc1ccc(Cl)cc1. The van der Waals surface area contributed by atoms with Crippen LogP contribution in [-0.4, -0.2) is 44.1 Å². The number of para-hydroxylation sites is 2. The van der Waals surface area contributed by atoms with Crippen molar-refractivity contribution in [3.05, 3.63) is 59.1 Å². The van der Waals surface area contributed by atoms with Gasteiger partial charge in [-0.2, -0.15) is 0 Å². The average Bonchev–Trinajstić information content (AvgIpc) is 2.73. The minimum atomic E-state index is -0.547. The van der Waals surface area contributed by atoms with Crippen molar-refractivity contribution < 1.29 is 23.9 Å². The second kappa shape index (κ2) is 9.93. The van der Waals surface area contributed by atoms with Gasteiger partial charge >= 0.3 is 5.97 Å². The molecule has 0 saturated carbocycles. The van der Waals surface area contributed by atoms with Gasteiger partial charge in [0.1, 0.15) is 5.75 Å². The first-order valence-electron chi connectivity index (χ1n) is 9.22. The normalized spacial score (nSPS) is 12.7. The van der Waals surface area contributed by atoms with Crippen LogP contribution in [0.15, 0.2) is 48.5 Å². The molecule has 0 fully saturated rings. The summed E-state index contributed by atoms with van der Waals surface area (Å²) in [5, 5.41) is 3.36. The predicted molar refractivity (Wildman–Crippen MR) is 108 cm³/mol. The van der Waals surface area contributed by atoms with Crippen LogP contribution in [0.2, 0.25) is 5.02 Å². The van der Waals surface area contributed by atoms with Gasteiger partial charge in [0.05, 0.1) is 12.1 Å². The molecule has 1 heterocycles. The quantitative estimate of drug-likeness (QED) is 0.668. The van der Waals surface area contributed by atoms with Crippen LogP contribution in [0.3, 0.4) is 0 Å². The molecule has 1 aliphatic heterocycles. The number of halogens is 1. The van der Waals surface area contributed by atoms with Crippen LogP contribution < -0.4 is 15.0 Å². The molecule has 1 aliphatic rings. The Hall–Kier alpha value is -3.06. The number of rotatable bonds is 8. The van der Waals surface area contributed by atoms with E-state index in [-0.39, 0.29) is 38.0 Å². The fraction of sp³-hybridized carbons (Fsp3) is 0.286. The molecule has 0 atom stereocenters. The van der Waals surface area contributed by atoms with Gasteiger partial charge in [-0.3, -0.25) is 14.4 Å². The predicted octanol–water partition coefficient (Wildman–Crippen LogP) is 2.36. The number of benzene rings is 2. The van der Waals surface area contributed by atoms with E-state index in [9.17, 15) is 14.4 Å². The summed E-state index contributed by atoms with van der Waals surface area (Å²) in [6, 6.07) is 14.5. The van der Waals surface area contributed by atoms with E-state index in [1.807, 2.05) is 18.2 Å². The number of fused-ring (bicyclic) bond motifs is 1. The molecule has 2 amide bonds. The summed E-state index contributed by atoms with van der Waals surface area (Å²) in [6.45, 7) is 0.169. The Kier molecular flexibility index (Phi) is 7.08. The number of carbonyl (C=O) groups excluding carboxylic acids is 3. The Morgan fingerprint density at radius 2 is 1.90 bits per heavy atom. The molecule has 1 N–H and O–H groups in total. The fourth-order valence-electron chi connectivity index (χ4n) is 2.87. The Morgan fingerprint density at radius 3 is 2.69 bits per heavy atom. The van der Waals surface area contributed by atoms with Gasteiger partial charge in [-0.1, -0.05) is 35.9 Å². The molecule has 7 nitrogen and oxygen atoms in total. The number of nitrogens with one attached hydrogen (secondary N) is 1. The summed E-state index contributed by atoms with van der Waals surface area (Å²) in [5.41, 5.74) is 1.67. The van der Waals surface area contributed by atoms with Gasteiger partial charge in [0.2, 0.25) is 0 Å². The van der Waals surface area contributed by atoms with E-state index in [1.54, 1.807) is 30.3 Å². The van der Waals surface area contributed by atoms with Crippen LogP contribution in [0, 0.1) is 0 Å². The number of amides is 2.